The van der Waals surface area contributed by atoms with Crippen LogP contribution in [0.1, 0.15) is 41.1 Å². The number of carbonyl (C=O) groups excluding carboxylic acids is 1. The van der Waals surface area contributed by atoms with Gasteiger partial charge in [-0.25, -0.2) is 9.89 Å². The highest BCUT2D eigenvalue weighted by Crippen LogP contribution is 2.36. The fraction of sp³-hybridized carbons (Fsp3) is 0.222. The third kappa shape index (κ3) is 3.08. The van der Waals surface area contributed by atoms with E-state index in [0.717, 1.165) is 4.68 Å². The second-order valence-electron chi connectivity index (χ2n) is 6.17. The molecule has 2 aromatic carbocycles. The van der Waals surface area contributed by atoms with Gasteiger partial charge in [0.2, 0.25) is 0 Å². The van der Waals surface area contributed by atoms with E-state index in [1.165, 1.54) is 24.8 Å². The molecule has 0 bridgehead atoms. The number of H-pyrrole nitrogens is 1. The van der Waals surface area contributed by atoms with E-state index in [-0.39, 0.29) is 5.91 Å². The zero-order valence-electron chi connectivity index (χ0n) is 13.5. The molecule has 4 rings (SSSR count). The van der Waals surface area contributed by atoms with E-state index in [2.05, 4.69) is 26.9 Å². The highest BCUT2D eigenvalue weighted by molar-refractivity contribution is 6.04. The lowest BCUT2D eigenvalue weighted by molar-refractivity contribution is 0.102. The largest absolute Gasteiger partial charge is 0.365 e. The molecule has 1 fully saturated rings. The minimum Gasteiger partial charge on any atom is -0.322 e. The first-order chi connectivity index (χ1) is 12.2. The Morgan fingerprint density at radius 2 is 1.96 bits per heavy atom. The predicted molar refractivity (Wildman–Crippen MR) is 93.0 cm³/mol. The van der Waals surface area contributed by atoms with Crippen molar-refractivity contribution in [3.8, 4) is 5.69 Å². The van der Waals surface area contributed by atoms with Crippen LogP contribution in [0.4, 0.5) is 5.69 Å². The molecule has 2 N–H and O–H groups in total. The molecule has 1 aromatic heterocycles. The van der Waals surface area contributed by atoms with Crippen molar-refractivity contribution in [1.29, 1.82) is 0 Å². The molecular formula is C18H17N5O2. The number of carbonyl (C=O) groups is 1. The van der Waals surface area contributed by atoms with Gasteiger partial charge < -0.3 is 5.32 Å². The Morgan fingerprint density at radius 1 is 1.16 bits per heavy atom. The van der Waals surface area contributed by atoms with Crippen molar-refractivity contribution < 1.29 is 4.79 Å². The Hall–Kier alpha value is -3.22. The number of hydrogen-bond donors (Lipinski definition) is 2. The van der Waals surface area contributed by atoms with Gasteiger partial charge in [-0.2, -0.15) is 4.68 Å². The summed E-state index contributed by atoms with van der Waals surface area (Å²) in [4.78, 5) is 24.0. The van der Waals surface area contributed by atoms with Gasteiger partial charge in [0.25, 0.3) is 5.91 Å². The molecule has 1 aliphatic rings. The standard InChI is InChI=1S/C18H17N5O2/c24-17(14-6-2-5-13(11-14)12-3-1-4-12)19-15-7-9-16(10-8-15)23-18(25)20-21-22-23/h2,5-12H,1,3-4H2,(H,19,24)(H,20,22,25). The molecule has 0 spiro atoms. The third-order valence-electron chi connectivity index (χ3n) is 4.57. The molecule has 126 valence electrons. The third-order valence-corrected chi connectivity index (χ3v) is 4.57. The summed E-state index contributed by atoms with van der Waals surface area (Å²) in [6.45, 7) is 0. The van der Waals surface area contributed by atoms with E-state index in [1.54, 1.807) is 24.3 Å². The molecule has 7 nitrogen and oxygen atoms in total. The van der Waals surface area contributed by atoms with Gasteiger partial charge in [0.15, 0.2) is 0 Å². The fourth-order valence-electron chi connectivity index (χ4n) is 2.93. The lowest BCUT2D eigenvalue weighted by atomic mass is 9.80. The molecule has 3 aromatic rings. The van der Waals surface area contributed by atoms with Crippen molar-refractivity contribution in [2.75, 3.05) is 5.32 Å². The van der Waals surface area contributed by atoms with E-state index in [4.69, 9.17) is 0 Å². The van der Waals surface area contributed by atoms with Crippen LogP contribution >= 0.6 is 0 Å². The molecule has 0 atom stereocenters. The van der Waals surface area contributed by atoms with E-state index >= 15 is 0 Å². The molecular weight excluding hydrogens is 318 g/mol. The first kappa shape index (κ1) is 15.3. The summed E-state index contributed by atoms with van der Waals surface area (Å²) in [5.74, 6) is 0.445. The molecule has 1 heterocycles. The summed E-state index contributed by atoms with van der Waals surface area (Å²) >= 11 is 0. The number of rotatable bonds is 4. The summed E-state index contributed by atoms with van der Waals surface area (Å²) in [6, 6.07) is 14.7. The van der Waals surface area contributed by atoms with Crippen LogP contribution in [0, 0.1) is 0 Å². The van der Waals surface area contributed by atoms with Crippen molar-refractivity contribution in [1.82, 2.24) is 20.2 Å². The summed E-state index contributed by atoms with van der Waals surface area (Å²) in [5, 5.41) is 12.2. The first-order valence-corrected chi connectivity index (χ1v) is 8.23. The number of hydrogen-bond acceptors (Lipinski definition) is 4. The number of anilines is 1. The Labute approximate surface area is 143 Å². The topological polar surface area (TPSA) is 92.7 Å². The van der Waals surface area contributed by atoms with Crippen LogP contribution < -0.4 is 11.0 Å². The van der Waals surface area contributed by atoms with E-state index in [1.807, 2.05) is 18.2 Å². The number of amides is 1. The maximum absolute atomic E-state index is 12.5. The van der Waals surface area contributed by atoms with Crippen LogP contribution in [0.2, 0.25) is 0 Å². The van der Waals surface area contributed by atoms with Crippen molar-refractivity contribution in [2.24, 2.45) is 0 Å². The normalized spacial score (nSPS) is 14.1. The SMILES string of the molecule is O=C(Nc1ccc(-n2nn[nH]c2=O)cc1)c1cccc(C2CCC2)c1. The number of tetrazole rings is 1. The monoisotopic (exact) mass is 335 g/mol. The van der Waals surface area contributed by atoms with Crippen LogP contribution in [0.5, 0.6) is 0 Å². The van der Waals surface area contributed by atoms with Gasteiger partial charge in [0, 0.05) is 11.3 Å². The Bertz CT molecular complexity index is 954. The molecule has 7 heteroatoms. The van der Waals surface area contributed by atoms with Gasteiger partial charge in [-0.05, 0) is 71.1 Å². The zero-order chi connectivity index (χ0) is 17.2. The summed E-state index contributed by atoms with van der Waals surface area (Å²) in [6.07, 6.45) is 3.67. The van der Waals surface area contributed by atoms with Gasteiger partial charge in [-0.1, -0.05) is 18.6 Å². The second-order valence-corrected chi connectivity index (χ2v) is 6.17. The Balaban J connectivity index is 1.49. The van der Waals surface area contributed by atoms with Crippen molar-refractivity contribution >= 4 is 11.6 Å². The summed E-state index contributed by atoms with van der Waals surface area (Å²) in [7, 11) is 0. The predicted octanol–water partition coefficient (Wildman–Crippen LogP) is 2.48. The van der Waals surface area contributed by atoms with Crippen molar-refractivity contribution in [3.63, 3.8) is 0 Å². The molecule has 1 amide bonds. The maximum atomic E-state index is 12.5. The van der Waals surface area contributed by atoms with E-state index in [9.17, 15) is 9.59 Å². The van der Waals surface area contributed by atoms with Crippen LogP contribution in [-0.4, -0.2) is 26.1 Å². The molecule has 1 saturated carbocycles. The number of nitrogens with zero attached hydrogens (tertiary/aromatic N) is 3. The van der Waals surface area contributed by atoms with Crippen LogP contribution in [0.3, 0.4) is 0 Å². The average molecular weight is 335 g/mol. The number of nitrogens with one attached hydrogen (secondary N) is 2. The minimum absolute atomic E-state index is 0.146. The zero-order valence-corrected chi connectivity index (χ0v) is 13.5. The second kappa shape index (κ2) is 6.35. The van der Waals surface area contributed by atoms with Gasteiger partial charge in [-0.3, -0.25) is 4.79 Å². The smallest absolute Gasteiger partial charge is 0.322 e. The average Bonchev–Trinajstić information content (AvgIpc) is 3.00. The van der Waals surface area contributed by atoms with Crippen LogP contribution in [0.15, 0.2) is 53.3 Å². The highest BCUT2D eigenvalue weighted by Gasteiger charge is 2.20. The molecule has 1 aliphatic carbocycles. The van der Waals surface area contributed by atoms with Gasteiger partial charge in [0.05, 0.1) is 5.69 Å². The van der Waals surface area contributed by atoms with Crippen LogP contribution in [-0.2, 0) is 0 Å². The van der Waals surface area contributed by atoms with E-state index < -0.39 is 5.69 Å². The minimum atomic E-state index is -0.412. The quantitative estimate of drug-likeness (QED) is 0.766. The van der Waals surface area contributed by atoms with Gasteiger partial charge in [0.1, 0.15) is 0 Å². The number of benzene rings is 2. The molecule has 25 heavy (non-hydrogen) atoms. The van der Waals surface area contributed by atoms with Gasteiger partial charge >= 0.3 is 5.69 Å². The van der Waals surface area contributed by atoms with Crippen molar-refractivity contribution in [2.45, 2.75) is 25.2 Å². The Morgan fingerprint density at radius 3 is 2.60 bits per heavy atom. The number of aromatic nitrogens is 4. The first-order valence-electron chi connectivity index (χ1n) is 8.23. The maximum Gasteiger partial charge on any atom is 0.365 e. The molecule has 0 radical (unpaired) electrons. The molecule has 0 saturated heterocycles. The number of aromatic amines is 1. The van der Waals surface area contributed by atoms with Crippen molar-refractivity contribution in [3.05, 3.63) is 70.1 Å². The molecule has 0 unspecified atom stereocenters. The Kier molecular flexibility index (Phi) is 3.89. The molecule has 0 aliphatic heterocycles. The van der Waals surface area contributed by atoms with E-state index in [0.29, 0.717) is 22.9 Å². The summed E-state index contributed by atoms with van der Waals surface area (Å²) < 4.78 is 1.15. The fourth-order valence-corrected chi connectivity index (χ4v) is 2.93. The summed E-state index contributed by atoms with van der Waals surface area (Å²) in [5.41, 5.74) is 2.70. The van der Waals surface area contributed by atoms with Crippen LogP contribution in [0.25, 0.3) is 5.69 Å². The highest BCUT2D eigenvalue weighted by atomic mass is 16.2. The van der Waals surface area contributed by atoms with Gasteiger partial charge in [-0.15, -0.1) is 0 Å². The lowest BCUT2D eigenvalue weighted by Gasteiger charge is -2.26. The lowest BCUT2D eigenvalue weighted by Crippen LogP contribution is -2.16.